The molecule has 0 spiro atoms. The Kier molecular flexibility index (Phi) is 10.4. The van der Waals surface area contributed by atoms with Crippen LogP contribution in [0.15, 0.2) is 145 Å². The van der Waals surface area contributed by atoms with E-state index in [1.807, 2.05) is 0 Å². The van der Waals surface area contributed by atoms with Gasteiger partial charge in [0, 0.05) is 5.41 Å². The SMILES string of the molecule is C/C=C(\C)CCC.Cc1ccc2c(c1)C(C)(C)c1cc(-c3ccc(-c4ccccc4)cc3)ccc1-2.Cc1cccc2ccccc12. The molecule has 0 saturated carbocycles. The average Bonchev–Trinajstić information content (AvgIpc) is 3.31. The number of fused-ring (bicyclic) bond motifs is 4. The molecular formula is C46H48. The van der Waals surface area contributed by atoms with Crippen LogP contribution in [0.25, 0.3) is 44.2 Å². The van der Waals surface area contributed by atoms with Crippen LogP contribution in [0.2, 0.25) is 0 Å². The van der Waals surface area contributed by atoms with Crippen LogP contribution in [-0.4, -0.2) is 0 Å². The first-order chi connectivity index (χ1) is 22.2. The summed E-state index contributed by atoms with van der Waals surface area (Å²) in [6, 6.07) is 48.1. The normalized spacial score (nSPS) is 12.7. The Morgan fingerprint density at radius 2 is 1.13 bits per heavy atom. The molecule has 0 heterocycles. The highest BCUT2D eigenvalue weighted by Crippen LogP contribution is 2.49. The summed E-state index contributed by atoms with van der Waals surface area (Å²) >= 11 is 0. The Hall–Kier alpha value is -4.68. The first-order valence-corrected chi connectivity index (χ1v) is 16.7. The molecule has 232 valence electrons. The Labute approximate surface area is 277 Å². The van der Waals surface area contributed by atoms with E-state index in [1.165, 1.54) is 84.8 Å². The third-order valence-corrected chi connectivity index (χ3v) is 9.30. The molecule has 46 heavy (non-hydrogen) atoms. The lowest BCUT2D eigenvalue weighted by atomic mass is 9.81. The standard InChI is InChI=1S/C28H24.C11H10.C7H14/c1-19-9-15-24-25-16-14-23(18-27(25)28(2,3)26(24)17-19)22-12-10-21(11-13-22)20-7-5-4-6-8-20;1-9-5-4-7-10-6-2-3-8-11(9)10;1-4-6-7(3)5-2/h4-18H,1-3H3;2-8H,1H3;5H,4,6H2,1-3H3/b;;7-5+. The summed E-state index contributed by atoms with van der Waals surface area (Å²) < 4.78 is 0. The fourth-order valence-corrected chi connectivity index (χ4v) is 6.44. The van der Waals surface area contributed by atoms with Crippen molar-refractivity contribution in [3.63, 3.8) is 0 Å². The van der Waals surface area contributed by atoms with Crippen molar-refractivity contribution in [2.24, 2.45) is 0 Å². The molecular weight excluding hydrogens is 553 g/mol. The number of benzene rings is 6. The molecule has 0 atom stereocenters. The summed E-state index contributed by atoms with van der Waals surface area (Å²) in [6.45, 7) is 15.5. The lowest BCUT2D eigenvalue weighted by Crippen LogP contribution is -2.15. The third-order valence-electron chi connectivity index (χ3n) is 9.30. The molecule has 6 aromatic rings. The van der Waals surface area contributed by atoms with Gasteiger partial charge in [-0.05, 0) is 101 Å². The van der Waals surface area contributed by atoms with Crippen LogP contribution in [-0.2, 0) is 5.41 Å². The molecule has 0 saturated heterocycles. The van der Waals surface area contributed by atoms with Crippen molar-refractivity contribution in [1.29, 1.82) is 0 Å². The molecule has 0 bridgehead atoms. The van der Waals surface area contributed by atoms with Crippen LogP contribution in [0, 0.1) is 13.8 Å². The van der Waals surface area contributed by atoms with Gasteiger partial charge in [0.25, 0.3) is 0 Å². The highest BCUT2D eigenvalue weighted by Gasteiger charge is 2.35. The largest absolute Gasteiger partial charge is 0.0887 e. The lowest BCUT2D eigenvalue weighted by molar-refractivity contribution is 0.660. The second-order valence-corrected chi connectivity index (χ2v) is 13.1. The molecule has 0 heteroatoms. The molecule has 0 amide bonds. The van der Waals surface area contributed by atoms with E-state index in [0.717, 1.165) is 0 Å². The van der Waals surface area contributed by atoms with Crippen LogP contribution in [0.1, 0.15) is 69.7 Å². The van der Waals surface area contributed by atoms with Crippen LogP contribution in [0.4, 0.5) is 0 Å². The second kappa shape index (κ2) is 14.6. The fraction of sp³-hybridized carbons (Fsp3) is 0.217. The number of hydrogen-bond acceptors (Lipinski definition) is 0. The van der Waals surface area contributed by atoms with E-state index in [2.05, 4.69) is 188 Å². The average molecular weight is 601 g/mol. The van der Waals surface area contributed by atoms with E-state index in [1.54, 1.807) is 0 Å². The maximum Gasteiger partial charge on any atom is 0.0159 e. The minimum atomic E-state index is 0.0384. The summed E-state index contributed by atoms with van der Waals surface area (Å²) in [5.41, 5.74) is 14.9. The van der Waals surface area contributed by atoms with Gasteiger partial charge < -0.3 is 0 Å². The van der Waals surface area contributed by atoms with Gasteiger partial charge in [0.05, 0.1) is 0 Å². The Balaban J connectivity index is 0.000000190. The topological polar surface area (TPSA) is 0 Å². The van der Waals surface area contributed by atoms with Crippen molar-refractivity contribution in [3.05, 3.63) is 167 Å². The first-order valence-electron chi connectivity index (χ1n) is 16.7. The molecule has 0 aliphatic heterocycles. The van der Waals surface area contributed by atoms with Crippen molar-refractivity contribution < 1.29 is 0 Å². The third kappa shape index (κ3) is 7.24. The highest BCUT2D eigenvalue weighted by atomic mass is 14.4. The van der Waals surface area contributed by atoms with E-state index >= 15 is 0 Å². The fourth-order valence-electron chi connectivity index (χ4n) is 6.44. The molecule has 6 aromatic carbocycles. The van der Waals surface area contributed by atoms with Crippen LogP contribution in [0.5, 0.6) is 0 Å². The first kappa shape index (κ1) is 32.7. The van der Waals surface area contributed by atoms with Gasteiger partial charge in [-0.1, -0.05) is 172 Å². The predicted octanol–water partition coefficient (Wildman–Crippen LogP) is 13.5. The monoisotopic (exact) mass is 600 g/mol. The number of aryl methyl sites for hydroxylation is 2. The van der Waals surface area contributed by atoms with Gasteiger partial charge in [-0.25, -0.2) is 0 Å². The predicted molar refractivity (Wildman–Crippen MR) is 203 cm³/mol. The molecule has 0 fully saturated rings. The Morgan fingerprint density at radius 1 is 0.587 bits per heavy atom. The van der Waals surface area contributed by atoms with Crippen molar-refractivity contribution >= 4 is 10.8 Å². The van der Waals surface area contributed by atoms with Crippen molar-refractivity contribution in [1.82, 2.24) is 0 Å². The van der Waals surface area contributed by atoms with Gasteiger partial charge in [0.15, 0.2) is 0 Å². The molecule has 7 rings (SSSR count). The second-order valence-electron chi connectivity index (χ2n) is 13.1. The minimum absolute atomic E-state index is 0.0384. The summed E-state index contributed by atoms with van der Waals surface area (Å²) in [7, 11) is 0. The minimum Gasteiger partial charge on any atom is -0.0887 e. The Bertz CT molecular complexity index is 1930. The smallest absolute Gasteiger partial charge is 0.0159 e. The maximum atomic E-state index is 2.39. The highest BCUT2D eigenvalue weighted by molar-refractivity contribution is 5.85. The van der Waals surface area contributed by atoms with Crippen molar-refractivity contribution in [2.75, 3.05) is 0 Å². The van der Waals surface area contributed by atoms with Crippen LogP contribution < -0.4 is 0 Å². The van der Waals surface area contributed by atoms with E-state index in [9.17, 15) is 0 Å². The number of hydrogen-bond donors (Lipinski definition) is 0. The molecule has 1 aliphatic carbocycles. The van der Waals surface area contributed by atoms with E-state index < -0.39 is 0 Å². The van der Waals surface area contributed by atoms with E-state index in [-0.39, 0.29) is 5.41 Å². The molecule has 0 radical (unpaired) electrons. The van der Waals surface area contributed by atoms with Gasteiger partial charge in [-0.15, -0.1) is 0 Å². The Morgan fingerprint density at radius 3 is 1.76 bits per heavy atom. The van der Waals surface area contributed by atoms with Crippen molar-refractivity contribution in [3.8, 4) is 33.4 Å². The molecule has 0 aromatic heterocycles. The zero-order valence-corrected chi connectivity index (χ0v) is 28.7. The summed E-state index contributed by atoms with van der Waals surface area (Å²) in [5, 5.41) is 2.68. The quantitative estimate of drug-likeness (QED) is 0.177. The number of rotatable bonds is 4. The summed E-state index contributed by atoms with van der Waals surface area (Å²) in [6.07, 6.45) is 4.70. The molecule has 0 unspecified atom stereocenters. The van der Waals surface area contributed by atoms with Gasteiger partial charge >= 0.3 is 0 Å². The molecule has 0 nitrogen and oxygen atoms in total. The number of allylic oxidation sites excluding steroid dienone is 2. The van der Waals surface area contributed by atoms with Gasteiger partial charge in [0.1, 0.15) is 0 Å². The van der Waals surface area contributed by atoms with Crippen LogP contribution >= 0.6 is 0 Å². The lowest BCUT2D eigenvalue weighted by Gasteiger charge is -2.22. The van der Waals surface area contributed by atoms with Gasteiger partial charge in [0.2, 0.25) is 0 Å². The van der Waals surface area contributed by atoms with Gasteiger partial charge in [-0.3, -0.25) is 0 Å². The van der Waals surface area contributed by atoms with Crippen molar-refractivity contribution in [2.45, 2.75) is 66.7 Å². The van der Waals surface area contributed by atoms with E-state index in [0.29, 0.717) is 0 Å². The van der Waals surface area contributed by atoms with Gasteiger partial charge in [-0.2, -0.15) is 0 Å². The van der Waals surface area contributed by atoms with E-state index in [4.69, 9.17) is 0 Å². The summed E-state index contributed by atoms with van der Waals surface area (Å²) in [5.74, 6) is 0. The summed E-state index contributed by atoms with van der Waals surface area (Å²) in [4.78, 5) is 0. The van der Waals surface area contributed by atoms with Crippen LogP contribution in [0.3, 0.4) is 0 Å². The maximum absolute atomic E-state index is 2.39. The zero-order valence-electron chi connectivity index (χ0n) is 28.7. The molecule has 1 aliphatic rings. The zero-order chi connectivity index (χ0) is 32.7. The molecule has 0 N–H and O–H groups in total.